The fourth-order valence-corrected chi connectivity index (χ4v) is 5.83. The highest BCUT2D eigenvalue weighted by molar-refractivity contribution is 5.69. The maximum Gasteiger partial charge on any atom is 0.306 e. The summed E-state index contributed by atoms with van der Waals surface area (Å²) >= 11 is 0. The molecular weight excluding hydrogens is 508 g/mol. The molecule has 0 aromatic carbocycles. The van der Waals surface area contributed by atoms with Gasteiger partial charge in [-0.3, -0.25) is 9.59 Å². The Morgan fingerprint density at radius 1 is 0.439 bits per heavy atom. The molecule has 0 aromatic rings. The second-order valence-electron chi connectivity index (χ2n) is 12.8. The molecule has 1 unspecified atom stereocenters. The number of carboxylic acid groups (broad SMARTS) is 1. The van der Waals surface area contributed by atoms with Gasteiger partial charge in [0, 0.05) is 12.8 Å². The molecule has 0 spiro atoms. The molecule has 0 aromatic heterocycles. The minimum Gasteiger partial charge on any atom is -0.481 e. The molecule has 0 amide bonds. The van der Waals surface area contributed by atoms with Gasteiger partial charge in [0.1, 0.15) is 6.10 Å². The minimum absolute atomic E-state index is 0.0404. The molecule has 0 fully saturated rings. The van der Waals surface area contributed by atoms with Gasteiger partial charge in [-0.05, 0) is 38.5 Å². The Morgan fingerprint density at radius 3 is 1.07 bits per heavy atom. The van der Waals surface area contributed by atoms with Gasteiger partial charge in [-0.2, -0.15) is 0 Å². The van der Waals surface area contributed by atoms with Crippen molar-refractivity contribution in [3.8, 4) is 0 Å². The summed E-state index contributed by atoms with van der Waals surface area (Å²) in [5, 5.41) is 8.68. The van der Waals surface area contributed by atoms with Crippen LogP contribution in [-0.4, -0.2) is 23.1 Å². The summed E-state index contributed by atoms with van der Waals surface area (Å²) < 4.78 is 6.00. The summed E-state index contributed by atoms with van der Waals surface area (Å²) in [6, 6.07) is 0. The lowest BCUT2D eigenvalue weighted by molar-refractivity contribution is -0.150. The Labute approximate surface area is 256 Å². The molecule has 0 rings (SSSR count). The predicted molar refractivity (Wildman–Crippen MR) is 177 cm³/mol. The van der Waals surface area contributed by atoms with Gasteiger partial charge in [-0.1, -0.05) is 168 Å². The highest BCUT2D eigenvalue weighted by Gasteiger charge is 2.14. The largest absolute Gasteiger partial charge is 0.481 e. The molecule has 0 aliphatic carbocycles. The average Bonchev–Trinajstić information content (AvgIpc) is 2.95. The lowest BCUT2D eigenvalue weighted by atomic mass is 10.0. The van der Waals surface area contributed by atoms with Crippen LogP contribution in [0, 0.1) is 0 Å². The van der Waals surface area contributed by atoms with E-state index in [-0.39, 0.29) is 12.1 Å². The lowest BCUT2D eigenvalue weighted by Crippen LogP contribution is -2.18. The van der Waals surface area contributed by atoms with Crippen molar-refractivity contribution in [2.24, 2.45) is 0 Å². The first-order valence-corrected chi connectivity index (χ1v) is 18.5. The molecular formula is C37H72O4. The second kappa shape index (κ2) is 33.4. The van der Waals surface area contributed by atoms with Crippen molar-refractivity contribution in [3.05, 3.63) is 0 Å². The molecule has 41 heavy (non-hydrogen) atoms. The number of rotatable bonds is 34. The highest BCUT2D eigenvalue weighted by atomic mass is 16.5. The van der Waals surface area contributed by atoms with Crippen LogP contribution in [0.3, 0.4) is 0 Å². The molecule has 4 heteroatoms. The Kier molecular flexibility index (Phi) is 32.6. The van der Waals surface area contributed by atoms with Gasteiger partial charge in [-0.15, -0.1) is 0 Å². The Hall–Kier alpha value is -1.06. The molecule has 1 atom stereocenters. The van der Waals surface area contributed by atoms with Crippen LogP contribution < -0.4 is 0 Å². The van der Waals surface area contributed by atoms with Crippen LogP contribution in [0.4, 0.5) is 0 Å². The summed E-state index contributed by atoms with van der Waals surface area (Å²) in [6.45, 7) is 4.53. The number of hydrogen-bond donors (Lipinski definition) is 1. The number of hydrogen-bond acceptors (Lipinski definition) is 3. The molecule has 0 bridgehead atoms. The Bertz CT molecular complexity index is 547. The highest BCUT2D eigenvalue weighted by Crippen LogP contribution is 2.19. The molecule has 0 heterocycles. The SMILES string of the molecule is CCCCCCCCCCCCCCC(=O)OC(CCCCCCC)CCCCCCCCCCCCCC(=O)O. The molecule has 0 radical (unpaired) electrons. The molecule has 0 saturated carbocycles. The molecule has 1 N–H and O–H groups in total. The van der Waals surface area contributed by atoms with Crippen molar-refractivity contribution in [3.63, 3.8) is 0 Å². The van der Waals surface area contributed by atoms with Crippen molar-refractivity contribution < 1.29 is 19.4 Å². The van der Waals surface area contributed by atoms with E-state index in [1.807, 2.05) is 0 Å². The third-order valence-corrected chi connectivity index (χ3v) is 8.58. The topological polar surface area (TPSA) is 63.6 Å². The van der Waals surface area contributed by atoms with Gasteiger partial charge >= 0.3 is 11.9 Å². The lowest BCUT2D eigenvalue weighted by Gasteiger charge is -2.18. The number of ether oxygens (including phenoxy) is 1. The third-order valence-electron chi connectivity index (χ3n) is 8.58. The molecule has 0 aliphatic heterocycles. The van der Waals surface area contributed by atoms with Crippen molar-refractivity contribution in [2.75, 3.05) is 0 Å². The van der Waals surface area contributed by atoms with Crippen LogP contribution in [0.5, 0.6) is 0 Å². The summed E-state index contributed by atoms with van der Waals surface area (Å²) in [5.74, 6) is -0.630. The van der Waals surface area contributed by atoms with E-state index < -0.39 is 5.97 Å². The van der Waals surface area contributed by atoms with Gasteiger partial charge < -0.3 is 9.84 Å². The molecule has 244 valence electrons. The zero-order valence-electron chi connectivity index (χ0n) is 27.9. The number of carbonyl (C=O) groups is 2. The van der Waals surface area contributed by atoms with E-state index in [1.165, 1.54) is 154 Å². The quantitative estimate of drug-likeness (QED) is 0.0607. The third kappa shape index (κ3) is 33.3. The standard InChI is InChI=1S/C37H72O4/c1-3-5-7-9-10-11-12-16-19-22-26-30-34-37(40)41-35(31-27-23-8-6-4-2)32-28-24-20-17-14-13-15-18-21-25-29-33-36(38)39/h35H,3-34H2,1-2H3,(H,38,39). The van der Waals surface area contributed by atoms with E-state index in [4.69, 9.17) is 9.84 Å². The second-order valence-corrected chi connectivity index (χ2v) is 12.8. The summed E-state index contributed by atoms with van der Waals surface area (Å²) in [5.41, 5.74) is 0. The van der Waals surface area contributed by atoms with E-state index in [0.717, 1.165) is 38.5 Å². The van der Waals surface area contributed by atoms with E-state index in [2.05, 4.69) is 13.8 Å². The number of esters is 1. The van der Waals surface area contributed by atoms with Crippen LogP contribution in [0.25, 0.3) is 0 Å². The number of aliphatic carboxylic acids is 1. The average molecular weight is 581 g/mol. The molecule has 0 saturated heterocycles. The summed E-state index contributed by atoms with van der Waals surface area (Å²) in [7, 11) is 0. The van der Waals surface area contributed by atoms with E-state index in [1.54, 1.807) is 0 Å². The number of carbonyl (C=O) groups excluding carboxylic acids is 1. The number of carboxylic acids is 1. The normalized spacial score (nSPS) is 12.0. The van der Waals surface area contributed by atoms with Crippen molar-refractivity contribution in [1.82, 2.24) is 0 Å². The first-order chi connectivity index (χ1) is 20.1. The smallest absolute Gasteiger partial charge is 0.306 e. The predicted octanol–water partition coefficient (Wildman–Crippen LogP) is 12.5. The van der Waals surface area contributed by atoms with Gasteiger partial charge in [0.15, 0.2) is 0 Å². The van der Waals surface area contributed by atoms with Gasteiger partial charge in [0.25, 0.3) is 0 Å². The molecule has 4 nitrogen and oxygen atoms in total. The van der Waals surface area contributed by atoms with Crippen molar-refractivity contribution in [1.29, 1.82) is 0 Å². The zero-order valence-corrected chi connectivity index (χ0v) is 27.9. The first-order valence-electron chi connectivity index (χ1n) is 18.5. The van der Waals surface area contributed by atoms with E-state index >= 15 is 0 Å². The minimum atomic E-state index is -0.670. The number of unbranched alkanes of at least 4 members (excludes halogenated alkanes) is 25. The van der Waals surface area contributed by atoms with Gasteiger partial charge in [0.05, 0.1) is 0 Å². The van der Waals surface area contributed by atoms with E-state index in [0.29, 0.717) is 12.8 Å². The Morgan fingerprint density at radius 2 is 0.732 bits per heavy atom. The van der Waals surface area contributed by atoms with Crippen LogP contribution in [0.15, 0.2) is 0 Å². The van der Waals surface area contributed by atoms with Crippen molar-refractivity contribution >= 4 is 11.9 Å². The maximum atomic E-state index is 12.6. The first kappa shape index (κ1) is 39.9. The van der Waals surface area contributed by atoms with Gasteiger partial charge in [0.2, 0.25) is 0 Å². The fourth-order valence-electron chi connectivity index (χ4n) is 5.83. The van der Waals surface area contributed by atoms with Crippen molar-refractivity contribution in [2.45, 2.75) is 225 Å². The van der Waals surface area contributed by atoms with Gasteiger partial charge in [-0.25, -0.2) is 0 Å². The Balaban J connectivity index is 3.86. The summed E-state index contributed by atoms with van der Waals surface area (Å²) in [4.78, 5) is 23.1. The monoisotopic (exact) mass is 581 g/mol. The zero-order chi connectivity index (χ0) is 30.1. The van der Waals surface area contributed by atoms with E-state index in [9.17, 15) is 9.59 Å². The fraction of sp³-hybridized carbons (Fsp3) is 0.946. The van der Waals surface area contributed by atoms with Crippen LogP contribution in [-0.2, 0) is 14.3 Å². The van der Waals surface area contributed by atoms with Crippen LogP contribution in [0.2, 0.25) is 0 Å². The van der Waals surface area contributed by atoms with Crippen LogP contribution >= 0.6 is 0 Å². The molecule has 0 aliphatic rings. The van der Waals surface area contributed by atoms with Crippen LogP contribution in [0.1, 0.15) is 219 Å². The summed E-state index contributed by atoms with van der Waals surface area (Å²) in [6.07, 6.45) is 38.5. The maximum absolute atomic E-state index is 12.6.